The van der Waals surface area contributed by atoms with Gasteiger partial charge in [0.1, 0.15) is 0 Å². The van der Waals surface area contributed by atoms with E-state index in [1.165, 1.54) is 0 Å². The third-order valence-corrected chi connectivity index (χ3v) is 5.60. The molecule has 0 aromatic heterocycles. The van der Waals surface area contributed by atoms with Crippen LogP contribution in [0.25, 0.3) is 0 Å². The lowest BCUT2D eigenvalue weighted by Gasteiger charge is -2.11. The van der Waals surface area contributed by atoms with Crippen LogP contribution >= 0.6 is 0 Å². The van der Waals surface area contributed by atoms with Gasteiger partial charge in [-0.1, -0.05) is 74.5 Å². The van der Waals surface area contributed by atoms with Crippen molar-refractivity contribution in [2.45, 2.75) is 39.8 Å². The van der Waals surface area contributed by atoms with Gasteiger partial charge in [-0.05, 0) is 47.2 Å². The Morgan fingerprint density at radius 3 is 1.39 bits per heavy atom. The van der Waals surface area contributed by atoms with Crippen LogP contribution in [0.1, 0.15) is 36.1 Å². The molecule has 0 aliphatic heterocycles. The number of aryl methyl sites for hydroxylation is 2. The zero-order chi connectivity index (χ0) is 25.9. The molecule has 0 bridgehead atoms. The fraction of sp³-hybridized carbons (Fsp3) is 0.214. The van der Waals surface area contributed by atoms with E-state index >= 15 is 0 Å². The summed E-state index contributed by atoms with van der Waals surface area (Å²) >= 11 is 0. The Balaban J connectivity index is 1.49. The van der Waals surface area contributed by atoms with E-state index in [2.05, 4.69) is 21.3 Å². The standard InChI is InChI=1S/C28H30N4O4/c1-3-21-12-5-7-14-23(21)31-27(35)25(33)29-17-19-10-9-11-20(16-19)18-30-26(34)28(36)32-24-15-8-6-13-22(24)4-2/h5-16H,3-4,17-18H2,1-2H3,(H,29,33)(H,30,34)(H,31,35)(H,32,36). The average Bonchev–Trinajstić information content (AvgIpc) is 2.91. The number of anilines is 2. The molecule has 0 fully saturated rings. The lowest BCUT2D eigenvalue weighted by atomic mass is 10.1. The molecule has 8 heteroatoms. The number of hydrogen-bond acceptors (Lipinski definition) is 4. The maximum absolute atomic E-state index is 12.3. The van der Waals surface area contributed by atoms with Crippen LogP contribution < -0.4 is 21.3 Å². The van der Waals surface area contributed by atoms with E-state index in [9.17, 15) is 19.2 Å². The summed E-state index contributed by atoms with van der Waals surface area (Å²) in [6, 6.07) is 21.8. The largest absolute Gasteiger partial charge is 0.344 e. The van der Waals surface area contributed by atoms with E-state index in [1.807, 2.05) is 38.1 Å². The molecule has 186 valence electrons. The molecule has 0 saturated carbocycles. The quantitative estimate of drug-likeness (QED) is 0.366. The fourth-order valence-electron chi connectivity index (χ4n) is 3.63. The van der Waals surface area contributed by atoms with Crippen LogP contribution in [0.3, 0.4) is 0 Å². The molecule has 0 saturated heterocycles. The average molecular weight is 487 g/mol. The summed E-state index contributed by atoms with van der Waals surface area (Å²) in [7, 11) is 0. The second kappa shape index (κ2) is 12.9. The molecule has 36 heavy (non-hydrogen) atoms. The molecule has 3 aromatic rings. The molecule has 0 aliphatic rings. The van der Waals surface area contributed by atoms with Crippen molar-refractivity contribution < 1.29 is 19.2 Å². The monoisotopic (exact) mass is 486 g/mol. The fourth-order valence-corrected chi connectivity index (χ4v) is 3.63. The van der Waals surface area contributed by atoms with Gasteiger partial charge in [-0.2, -0.15) is 0 Å². The van der Waals surface area contributed by atoms with E-state index in [1.54, 1.807) is 48.5 Å². The Hall–Kier alpha value is -4.46. The lowest BCUT2D eigenvalue weighted by molar-refractivity contribution is -0.136. The number of hydrogen-bond donors (Lipinski definition) is 4. The third-order valence-electron chi connectivity index (χ3n) is 5.60. The molecule has 0 heterocycles. The van der Waals surface area contributed by atoms with Crippen LogP contribution in [0.2, 0.25) is 0 Å². The number of carbonyl (C=O) groups is 4. The van der Waals surface area contributed by atoms with Gasteiger partial charge < -0.3 is 21.3 Å². The van der Waals surface area contributed by atoms with Crippen LogP contribution in [-0.4, -0.2) is 23.6 Å². The maximum atomic E-state index is 12.3. The topological polar surface area (TPSA) is 116 Å². The predicted octanol–water partition coefficient (Wildman–Crippen LogP) is 3.32. The molecule has 3 rings (SSSR count). The number of carbonyl (C=O) groups excluding carboxylic acids is 4. The van der Waals surface area contributed by atoms with E-state index in [0.29, 0.717) is 11.4 Å². The Bertz CT molecular complexity index is 1160. The summed E-state index contributed by atoms with van der Waals surface area (Å²) in [5.41, 5.74) is 4.60. The molecular formula is C28H30N4O4. The summed E-state index contributed by atoms with van der Waals surface area (Å²) in [5.74, 6) is -2.97. The van der Waals surface area contributed by atoms with Gasteiger partial charge in [-0.3, -0.25) is 19.2 Å². The van der Waals surface area contributed by atoms with Gasteiger partial charge in [0.25, 0.3) is 0 Å². The molecule has 0 radical (unpaired) electrons. The van der Waals surface area contributed by atoms with Gasteiger partial charge >= 0.3 is 23.6 Å². The van der Waals surface area contributed by atoms with E-state index in [0.717, 1.165) is 35.1 Å². The Morgan fingerprint density at radius 1 is 0.556 bits per heavy atom. The van der Waals surface area contributed by atoms with Crippen LogP contribution in [0.5, 0.6) is 0 Å². The maximum Gasteiger partial charge on any atom is 0.313 e. The second-order valence-electron chi connectivity index (χ2n) is 8.11. The summed E-state index contributed by atoms with van der Waals surface area (Å²) < 4.78 is 0. The first-order valence-corrected chi connectivity index (χ1v) is 11.8. The van der Waals surface area contributed by atoms with E-state index in [4.69, 9.17) is 0 Å². The normalized spacial score (nSPS) is 10.3. The van der Waals surface area contributed by atoms with Crippen molar-refractivity contribution >= 4 is 35.0 Å². The number of rotatable bonds is 8. The van der Waals surface area contributed by atoms with Gasteiger partial charge in [0, 0.05) is 24.5 Å². The number of amides is 4. The highest BCUT2D eigenvalue weighted by molar-refractivity contribution is 6.40. The van der Waals surface area contributed by atoms with Crippen molar-refractivity contribution in [2.24, 2.45) is 0 Å². The smallest absolute Gasteiger partial charge is 0.313 e. The molecular weight excluding hydrogens is 456 g/mol. The number of nitrogens with one attached hydrogen (secondary N) is 4. The molecule has 4 amide bonds. The van der Waals surface area contributed by atoms with Crippen molar-refractivity contribution in [3.05, 3.63) is 95.1 Å². The highest BCUT2D eigenvalue weighted by atomic mass is 16.2. The Kier molecular flexibility index (Phi) is 9.33. The van der Waals surface area contributed by atoms with Crippen molar-refractivity contribution in [1.29, 1.82) is 0 Å². The zero-order valence-corrected chi connectivity index (χ0v) is 20.4. The van der Waals surface area contributed by atoms with Crippen LogP contribution in [-0.2, 0) is 45.1 Å². The SMILES string of the molecule is CCc1ccccc1NC(=O)C(=O)NCc1cccc(CNC(=O)C(=O)Nc2ccccc2CC)c1. The van der Waals surface area contributed by atoms with Gasteiger partial charge in [0.15, 0.2) is 0 Å². The Labute approximate surface area is 210 Å². The van der Waals surface area contributed by atoms with Gasteiger partial charge in [-0.15, -0.1) is 0 Å². The van der Waals surface area contributed by atoms with Crippen LogP contribution in [0.15, 0.2) is 72.8 Å². The summed E-state index contributed by atoms with van der Waals surface area (Å²) in [5, 5.41) is 10.5. The van der Waals surface area contributed by atoms with E-state index < -0.39 is 23.6 Å². The zero-order valence-electron chi connectivity index (χ0n) is 20.4. The third kappa shape index (κ3) is 7.27. The molecule has 8 nitrogen and oxygen atoms in total. The highest BCUT2D eigenvalue weighted by Crippen LogP contribution is 2.16. The first-order valence-electron chi connectivity index (χ1n) is 11.8. The van der Waals surface area contributed by atoms with Crippen LogP contribution in [0, 0.1) is 0 Å². The first-order chi connectivity index (χ1) is 17.4. The van der Waals surface area contributed by atoms with Crippen molar-refractivity contribution in [3.63, 3.8) is 0 Å². The molecule has 3 aromatic carbocycles. The van der Waals surface area contributed by atoms with Gasteiger partial charge in [0.05, 0.1) is 0 Å². The summed E-state index contributed by atoms with van der Waals surface area (Å²) in [4.78, 5) is 49.1. The van der Waals surface area contributed by atoms with E-state index in [-0.39, 0.29) is 13.1 Å². The van der Waals surface area contributed by atoms with Crippen molar-refractivity contribution in [2.75, 3.05) is 10.6 Å². The minimum Gasteiger partial charge on any atom is -0.344 e. The predicted molar refractivity (Wildman–Crippen MR) is 139 cm³/mol. The molecule has 0 aliphatic carbocycles. The van der Waals surface area contributed by atoms with Crippen molar-refractivity contribution in [3.8, 4) is 0 Å². The van der Waals surface area contributed by atoms with Crippen LogP contribution in [0.4, 0.5) is 11.4 Å². The van der Waals surface area contributed by atoms with Gasteiger partial charge in [-0.25, -0.2) is 0 Å². The van der Waals surface area contributed by atoms with Crippen molar-refractivity contribution in [1.82, 2.24) is 10.6 Å². The lowest BCUT2D eigenvalue weighted by Crippen LogP contribution is -2.35. The Morgan fingerprint density at radius 2 is 0.972 bits per heavy atom. The minimum absolute atomic E-state index is 0.137. The summed E-state index contributed by atoms with van der Waals surface area (Å²) in [6.45, 7) is 4.21. The molecule has 4 N–H and O–H groups in total. The first kappa shape index (κ1) is 26.2. The number of benzene rings is 3. The summed E-state index contributed by atoms with van der Waals surface area (Å²) in [6.07, 6.45) is 1.46. The molecule has 0 atom stereocenters. The minimum atomic E-state index is -0.747. The molecule has 0 unspecified atom stereocenters. The molecule has 0 spiro atoms. The second-order valence-corrected chi connectivity index (χ2v) is 8.11. The van der Waals surface area contributed by atoms with Gasteiger partial charge in [0.2, 0.25) is 0 Å². The number of para-hydroxylation sites is 2. The highest BCUT2D eigenvalue weighted by Gasteiger charge is 2.16.